The van der Waals surface area contributed by atoms with E-state index in [2.05, 4.69) is 15.5 Å². The molecule has 1 N–H and O–H groups in total. The van der Waals surface area contributed by atoms with Crippen LogP contribution in [0.4, 0.5) is 10.8 Å². The van der Waals surface area contributed by atoms with Gasteiger partial charge in [-0.2, -0.15) is 0 Å². The summed E-state index contributed by atoms with van der Waals surface area (Å²) >= 11 is 1.34. The van der Waals surface area contributed by atoms with Crippen LogP contribution in [0.1, 0.15) is 34.0 Å². The Bertz CT molecular complexity index is 1030. The van der Waals surface area contributed by atoms with Gasteiger partial charge in [0, 0.05) is 24.6 Å². The number of amides is 2. The third-order valence-corrected chi connectivity index (χ3v) is 5.99. The number of nitrogens with one attached hydrogen (secondary N) is 1. The lowest BCUT2D eigenvalue weighted by molar-refractivity contribution is -0.117. The average molecular weight is 407 g/mol. The molecule has 2 heterocycles. The molecule has 1 saturated heterocycles. The zero-order chi connectivity index (χ0) is 20.4. The summed E-state index contributed by atoms with van der Waals surface area (Å²) in [5.41, 5.74) is 4.17. The van der Waals surface area contributed by atoms with Gasteiger partial charge in [0.15, 0.2) is 0 Å². The van der Waals surface area contributed by atoms with Gasteiger partial charge in [-0.3, -0.25) is 9.59 Å². The lowest BCUT2D eigenvalue weighted by Gasteiger charge is -2.16. The molecule has 1 aliphatic rings. The van der Waals surface area contributed by atoms with Crippen LogP contribution in [-0.2, 0) is 16.0 Å². The minimum Gasteiger partial charge on any atom is -0.312 e. The Morgan fingerprint density at radius 1 is 1.07 bits per heavy atom. The Morgan fingerprint density at radius 3 is 2.41 bits per heavy atom. The maximum Gasteiger partial charge on any atom is 0.230 e. The van der Waals surface area contributed by atoms with Crippen molar-refractivity contribution in [1.29, 1.82) is 0 Å². The van der Waals surface area contributed by atoms with Gasteiger partial charge in [0.25, 0.3) is 0 Å². The highest BCUT2D eigenvalue weighted by molar-refractivity contribution is 7.15. The van der Waals surface area contributed by atoms with Gasteiger partial charge >= 0.3 is 0 Å². The highest BCUT2D eigenvalue weighted by Crippen LogP contribution is 2.34. The SMILES string of the molecule is Cc1ccc(CC(=O)Nc2nnc(C3CC(=O)N(c4ccc(C)cc4)C3)s2)cc1. The van der Waals surface area contributed by atoms with Crippen molar-refractivity contribution in [2.24, 2.45) is 0 Å². The lowest BCUT2D eigenvalue weighted by Crippen LogP contribution is -2.24. The molecule has 1 fully saturated rings. The molecule has 0 saturated carbocycles. The van der Waals surface area contributed by atoms with Crippen molar-refractivity contribution in [3.8, 4) is 0 Å². The number of rotatable bonds is 5. The van der Waals surface area contributed by atoms with Gasteiger partial charge in [-0.15, -0.1) is 10.2 Å². The molecule has 0 spiro atoms. The highest BCUT2D eigenvalue weighted by Gasteiger charge is 2.33. The van der Waals surface area contributed by atoms with Gasteiger partial charge in [-0.05, 0) is 31.5 Å². The Morgan fingerprint density at radius 2 is 1.72 bits per heavy atom. The standard InChI is InChI=1S/C22H22N4O2S/c1-14-3-7-16(8-4-14)11-19(27)23-22-25-24-21(29-22)17-12-20(28)26(13-17)18-9-5-15(2)6-10-18/h3-10,17H,11-13H2,1-2H3,(H,23,25,27). The zero-order valence-electron chi connectivity index (χ0n) is 16.4. The van der Waals surface area contributed by atoms with Crippen molar-refractivity contribution in [1.82, 2.24) is 10.2 Å². The fourth-order valence-electron chi connectivity index (χ4n) is 3.35. The summed E-state index contributed by atoms with van der Waals surface area (Å²) < 4.78 is 0. The van der Waals surface area contributed by atoms with Crippen LogP contribution in [0.2, 0.25) is 0 Å². The molecule has 29 heavy (non-hydrogen) atoms. The van der Waals surface area contributed by atoms with Gasteiger partial charge in [-0.25, -0.2) is 0 Å². The van der Waals surface area contributed by atoms with E-state index in [1.165, 1.54) is 11.3 Å². The number of hydrogen-bond acceptors (Lipinski definition) is 5. The Kier molecular flexibility index (Phi) is 5.40. The normalized spacial score (nSPS) is 16.3. The second-order valence-electron chi connectivity index (χ2n) is 7.40. The van der Waals surface area contributed by atoms with Crippen molar-refractivity contribution in [2.45, 2.75) is 32.6 Å². The van der Waals surface area contributed by atoms with E-state index in [-0.39, 0.29) is 24.2 Å². The molecule has 1 aliphatic heterocycles. The van der Waals surface area contributed by atoms with E-state index in [1.54, 1.807) is 4.90 Å². The number of aromatic nitrogens is 2. The summed E-state index contributed by atoms with van der Waals surface area (Å²) in [4.78, 5) is 26.5. The molecule has 2 aromatic carbocycles. The number of nitrogens with zero attached hydrogens (tertiary/aromatic N) is 3. The third kappa shape index (κ3) is 4.51. The van der Waals surface area contributed by atoms with E-state index in [0.29, 0.717) is 18.1 Å². The minimum atomic E-state index is -0.125. The molecular weight excluding hydrogens is 384 g/mol. The van der Waals surface area contributed by atoms with Crippen LogP contribution < -0.4 is 10.2 Å². The van der Waals surface area contributed by atoms with Gasteiger partial charge < -0.3 is 10.2 Å². The number of hydrogen-bond donors (Lipinski definition) is 1. The lowest BCUT2D eigenvalue weighted by atomic mass is 10.1. The molecule has 0 radical (unpaired) electrons. The molecule has 0 bridgehead atoms. The molecule has 1 aromatic heterocycles. The van der Waals surface area contributed by atoms with Crippen LogP contribution in [0, 0.1) is 13.8 Å². The topological polar surface area (TPSA) is 75.2 Å². The van der Waals surface area contributed by atoms with E-state index in [0.717, 1.165) is 27.4 Å². The van der Waals surface area contributed by atoms with Crippen molar-refractivity contribution in [3.63, 3.8) is 0 Å². The van der Waals surface area contributed by atoms with Crippen LogP contribution in [-0.4, -0.2) is 28.6 Å². The van der Waals surface area contributed by atoms with Crippen molar-refractivity contribution in [3.05, 3.63) is 70.2 Å². The summed E-state index contributed by atoms with van der Waals surface area (Å²) in [5.74, 6) is -0.0524. The number of carbonyl (C=O) groups is 2. The van der Waals surface area contributed by atoms with Crippen LogP contribution in [0.25, 0.3) is 0 Å². The number of benzene rings is 2. The predicted molar refractivity (Wildman–Crippen MR) is 114 cm³/mol. The second kappa shape index (κ2) is 8.13. The smallest absolute Gasteiger partial charge is 0.230 e. The van der Waals surface area contributed by atoms with Crippen LogP contribution in [0.5, 0.6) is 0 Å². The minimum absolute atomic E-state index is 0.0101. The van der Waals surface area contributed by atoms with Crippen LogP contribution >= 0.6 is 11.3 Å². The molecule has 6 nitrogen and oxygen atoms in total. The zero-order valence-corrected chi connectivity index (χ0v) is 17.2. The molecule has 4 rings (SSSR count). The maximum absolute atomic E-state index is 12.5. The van der Waals surface area contributed by atoms with Gasteiger partial charge in [-0.1, -0.05) is 58.9 Å². The van der Waals surface area contributed by atoms with Crippen molar-refractivity contribution < 1.29 is 9.59 Å². The Balaban J connectivity index is 1.38. The predicted octanol–water partition coefficient (Wildman–Crippen LogP) is 3.86. The Labute approximate surface area is 173 Å². The molecule has 1 atom stereocenters. The van der Waals surface area contributed by atoms with Crippen molar-refractivity contribution >= 4 is 34.0 Å². The molecule has 7 heteroatoms. The highest BCUT2D eigenvalue weighted by atomic mass is 32.1. The fraction of sp³-hybridized carbons (Fsp3) is 0.273. The van der Waals surface area contributed by atoms with Crippen LogP contribution in [0.15, 0.2) is 48.5 Å². The molecule has 2 amide bonds. The fourth-order valence-corrected chi connectivity index (χ4v) is 4.20. The molecular formula is C22H22N4O2S. The summed E-state index contributed by atoms with van der Waals surface area (Å²) in [6, 6.07) is 15.8. The summed E-state index contributed by atoms with van der Waals surface area (Å²) in [5, 5.41) is 12.4. The van der Waals surface area contributed by atoms with Crippen LogP contribution in [0.3, 0.4) is 0 Å². The number of aryl methyl sites for hydroxylation is 2. The first-order chi connectivity index (χ1) is 14.0. The molecule has 0 aliphatic carbocycles. The molecule has 1 unspecified atom stereocenters. The Hall–Kier alpha value is -3.06. The largest absolute Gasteiger partial charge is 0.312 e. The van der Waals surface area contributed by atoms with E-state index in [4.69, 9.17) is 0 Å². The average Bonchev–Trinajstić information content (AvgIpc) is 3.31. The van der Waals surface area contributed by atoms with Gasteiger partial charge in [0.2, 0.25) is 16.9 Å². The van der Waals surface area contributed by atoms with E-state index in [1.807, 2.05) is 62.4 Å². The third-order valence-electron chi connectivity index (χ3n) is 4.99. The summed E-state index contributed by atoms with van der Waals surface area (Å²) in [6.07, 6.45) is 0.693. The van der Waals surface area contributed by atoms with Gasteiger partial charge in [0.05, 0.1) is 6.42 Å². The first-order valence-electron chi connectivity index (χ1n) is 9.54. The first-order valence-corrected chi connectivity index (χ1v) is 10.4. The number of anilines is 2. The second-order valence-corrected chi connectivity index (χ2v) is 8.41. The summed E-state index contributed by atoms with van der Waals surface area (Å²) in [7, 11) is 0. The molecule has 148 valence electrons. The number of carbonyl (C=O) groups excluding carboxylic acids is 2. The monoisotopic (exact) mass is 406 g/mol. The van der Waals surface area contributed by atoms with Gasteiger partial charge in [0.1, 0.15) is 5.01 Å². The first kappa shape index (κ1) is 19.3. The van der Waals surface area contributed by atoms with E-state index < -0.39 is 0 Å². The van der Waals surface area contributed by atoms with E-state index >= 15 is 0 Å². The molecule has 3 aromatic rings. The van der Waals surface area contributed by atoms with Crippen molar-refractivity contribution in [2.75, 3.05) is 16.8 Å². The quantitative estimate of drug-likeness (QED) is 0.698. The maximum atomic E-state index is 12.5. The summed E-state index contributed by atoms with van der Waals surface area (Å²) in [6.45, 7) is 4.61. The van der Waals surface area contributed by atoms with E-state index in [9.17, 15) is 9.59 Å².